The summed E-state index contributed by atoms with van der Waals surface area (Å²) in [7, 11) is 0. The third-order valence-electron chi connectivity index (χ3n) is 14.9. The standard InChI is InChI=1S/C59H84N16O12.C2H3N.C2H4O2/c1-6-63-57(86)48-14-10-22-75(48)58(87)41(13-9-21-64-59(60)61)68-51(80)42(23-32(2)3)69-52(81)43(24-33(4)5)70-53(82)44(25-34-15-17-37(77)18-16-34)71-56(85)47(30-76)74-54(83)45(26-35-28-65-39-12-8-7-11-38(35)39)72-55(84)46(27-36-29-62-31-66-36)73-50(79)40-19-20-49(78)67-40;1-2-3;1-2(3)4/h7-8,11-12,15-18,28-29,31-33,40-48,65,76-77H,6,9-10,13-14,19-27,30H2,1-5H3,(H,62,66)(H,63,86)(H,67,78)(H,68,80)(H,69,81)(H,70,82)(H,71,85)(H,72,84)(H,73,79)(H,74,83)(H4,60,61,64);1H3;1H3,(H,3,4)/t40-,41-,42-,43+,44-,45-,46-,47-,48-;;/m0../s1. The number of phenolic OH excluding ortho intramolecular Hbond substituents is 1. The summed E-state index contributed by atoms with van der Waals surface area (Å²) < 4.78 is 0. The van der Waals surface area contributed by atoms with Crippen molar-refractivity contribution in [1.82, 2.24) is 67.7 Å². The Kier molecular flexibility index (Phi) is 31.4. The van der Waals surface area contributed by atoms with Crippen molar-refractivity contribution in [2.45, 2.75) is 173 Å². The van der Waals surface area contributed by atoms with Gasteiger partial charge < -0.3 is 89.5 Å². The first-order chi connectivity index (χ1) is 44.7. The van der Waals surface area contributed by atoms with Crippen LogP contribution in [0.25, 0.3) is 10.9 Å². The van der Waals surface area contributed by atoms with Gasteiger partial charge in [-0.2, -0.15) is 5.26 Å². The van der Waals surface area contributed by atoms with Gasteiger partial charge in [-0.05, 0) is 93.0 Å². The van der Waals surface area contributed by atoms with Crippen molar-refractivity contribution in [2.24, 2.45) is 28.3 Å². The molecule has 0 spiro atoms. The number of hydrogen-bond donors (Lipinski definition) is 16. The summed E-state index contributed by atoms with van der Waals surface area (Å²) in [5.41, 5.74) is 13.3. The average molecular weight is 1310 g/mol. The number of carbonyl (C=O) groups is 11. The number of nitrogens with zero attached hydrogens (tertiary/aromatic N) is 4. The monoisotopic (exact) mass is 1310 g/mol. The van der Waals surface area contributed by atoms with Crippen LogP contribution in [0.15, 0.2) is 72.2 Å². The van der Waals surface area contributed by atoms with E-state index in [2.05, 4.69) is 67.8 Å². The highest BCUT2D eigenvalue weighted by atomic mass is 16.4. The van der Waals surface area contributed by atoms with Gasteiger partial charge in [-0.25, -0.2) is 4.98 Å². The number of hydrogen-bond acceptors (Lipinski definition) is 16. The molecule has 31 nitrogen and oxygen atoms in total. The number of rotatable bonds is 32. The van der Waals surface area contributed by atoms with Gasteiger partial charge in [-0.1, -0.05) is 58.0 Å². The molecular formula is C63H91N17O14. The molecule has 0 saturated carbocycles. The van der Waals surface area contributed by atoms with Crippen LogP contribution in [0, 0.1) is 23.2 Å². The van der Waals surface area contributed by atoms with E-state index in [1.54, 1.807) is 51.2 Å². The molecule has 512 valence electrons. The maximum Gasteiger partial charge on any atom is 0.300 e. The van der Waals surface area contributed by atoms with Crippen molar-refractivity contribution < 1.29 is 68.1 Å². The lowest BCUT2D eigenvalue weighted by molar-refractivity contribution is -0.142. The van der Waals surface area contributed by atoms with E-state index in [0.717, 1.165) is 12.4 Å². The Labute approximate surface area is 544 Å². The Morgan fingerprint density at radius 2 is 1.27 bits per heavy atom. The third kappa shape index (κ3) is 25.2. The maximum atomic E-state index is 14.7. The van der Waals surface area contributed by atoms with E-state index in [-0.39, 0.29) is 106 Å². The van der Waals surface area contributed by atoms with E-state index in [1.165, 1.54) is 48.6 Å². The van der Waals surface area contributed by atoms with E-state index >= 15 is 0 Å². The Morgan fingerprint density at radius 3 is 1.80 bits per heavy atom. The Hall–Kier alpha value is -10.1. The second-order valence-corrected chi connectivity index (χ2v) is 23.5. The molecule has 2 aliphatic rings. The highest BCUT2D eigenvalue weighted by Crippen LogP contribution is 2.22. The number of guanidine groups is 1. The molecule has 2 aromatic carbocycles. The fourth-order valence-corrected chi connectivity index (χ4v) is 10.5. The van der Waals surface area contributed by atoms with Crippen LogP contribution in [-0.2, 0) is 72.0 Å². The highest BCUT2D eigenvalue weighted by Gasteiger charge is 2.40. The molecule has 9 atom stereocenters. The Bertz CT molecular complexity index is 3270. The number of nitrogens with two attached hydrogens (primary N) is 2. The molecule has 31 heteroatoms. The van der Waals surface area contributed by atoms with Crippen LogP contribution in [0.4, 0.5) is 0 Å². The number of likely N-dealkylation sites (tertiary alicyclic amines) is 1. The Balaban J connectivity index is 0.00000256. The lowest BCUT2D eigenvalue weighted by atomic mass is 9.98. The fourth-order valence-electron chi connectivity index (χ4n) is 10.5. The lowest BCUT2D eigenvalue weighted by Crippen LogP contribution is -2.61. The number of carboxylic acid groups (broad SMARTS) is 1. The van der Waals surface area contributed by atoms with Crippen LogP contribution in [0.1, 0.15) is 117 Å². The number of H-pyrrole nitrogens is 2. The molecule has 18 N–H and O–H groups in total. The molecule has 6 rings (SSSR count). The number of aliphatic carboxylic acids is 1. The summed E-state index contributed by atoms with van der Waals surface area (Å²) in [4.78, 5) is 164. The third-order valence-corrected chi connectivity index (χ3v) is 14.9. The van der Waals surface area contributed by atoms with Crippen LogP contribution in [-0.4, -0.2) is 187 Å². The van der Waals surface area contributed by atoms with E-state index in [1.807, 2.05) is 19.9 Å². The number of aromatic nitrogens is 3. The average Bonchev–Trinajstić information content (AvgIpc) is 1.63. The number of aliphatic hydroxyl groups excluding tert-OH is 1. The van der Waals surface area contributed by atoms with Gasteiger partial charge in [0.1, 0.15) is 60.1 Å². The van der Waals surface area contributed by atoms with Crippen LogP contribution in [0.5, 0.6) is 5.75 Å². The van der Waals surface area contributed by atoms with E-state index in [0.29, 0.717) is 41.6 Å². The van der Waals surface area contributed by atoms with Gasteiger partial charge in [0, 0.05) is 88.2 Å². The number of imidazole rings is 1. The number of fused-ring (bicyclic) bond motifs is 1. The smallest absolute Gasteiger partial charge is 0.300 e. The van der Waals surface area contributed by atoms with Crippen LogP contribution in [0.2, 0.25) is 0 Å². The SMILES string of the molecule is CC#N.CC(=O)O.CCNC(=O)[C@@H]1CCCN1C(=O)[C@H](CCCN=C(N)N)NC(=O)[C@H](CC(C)C)NC(=O)[C@@H](CC(C)C)NC(=O)[C@H](Cc1ccc(O)cc1)NC(=O)[C@H](CO)NC(=O)[C@H](Cc1c[nH]c2ccccc12)NC(=O)[C@H](Cc1cnc[nH]1)NC(=O)[C@@H]1CCC(=O)N1. The number of amides is 10. The first kappa shape index (κ1) is 76.3. The number of carbonyl (C=O) groups excluding carboxylic acids is 10. The molecule has 0 bridgehead atoms. The molecule has 0 radical (unpaired) electrons. The molecule has 4 aromatic rings. The zero-order valence-corrected chi connectivity index (χ0v) is 54.1. The highest BCUT2D eigenvalue weighted by molar-refractivity contribution is 5.99. The molecule has 2 aromatic heterocycles. The molecule has 2 aliphatic heterocycles. The zero-order chi connectivity index (χ0) is 69.6. The van der Waals surface area contributed by atoms with Crippen LogP contribution >= 0.6 is 0 Å². The van der Waals surface area contributed by atoms with Gasteiger partial charge >= 0.3 is 0 Å². The number of para-hydroxylation sites is 1. The van der Waals surface area contributed by atoms with Crippen LogP contribution in [0.3, 0.4) is 0 Å². The van der Waals surface area contributed by atoms with Crippen LogP contribution < -0.4 is 59.3 Å². The largest absolute Gasteiger partial charge is 0.508 e. The number of benzene rings is 2. The summed E-state index contributed by atoms with van der Waals surface area (Å²) in [5, 5.41) is 60.6. The summed E-state index contributed by atoms with van der Waals surface area (Å²) >= 11 is 0. The van der Waals surface area contributed by atoms with Crippen molar-refractivity contribution in [1.29, 1.82) is 5.26 Å². The Morgan fingerprint density at radius 1 is 0.734 bits per heavy atom. The number of phenols is 1. The first-order valence-electron chi connectivity index (χ1n) is 31.1. The van der Waals surface area contributed by atoms with Crippen molar-refractivity contribution >= 4 is 81.9 Å². The van der Waals surface area contributed by atoms with Crippen molar-refractivity contribution in [2.75, 3.05) is 26.2 Å². The second-order valence-electron chi connectivity index (χ2n) is 23.5. The minimum Gasteiger partial charge on any atom is -0.508 e. The van der Waals surface area contributed by atoms with Gasteiger partial charge in [-0.3, -0.25) is 57.7 Å². The molecule has 2 fully saturated rings. The molecule has 94 heavy (non-hydrogen) atoms. The van der Waals surface area contributed by atoms with E-state index in [9.17, 15) is 58.2 Å². The minimum atomic E-state index is -1.75. The van der Waals surface area contributed by atoms with Gasteiger partial charge in [0.15, 0.2) is 5.96 Å². The predicted molar refractivity (Wildman–Crippen MR) is 345 cm³/mol. The van der Waals surface area contributed by atoms with Gasteiger partial charge in [0.05, 0.1) is 19.0 Å². The second kappa shape index (κ2) is 38.7. The number of aromatic hydroxyl groups is 1. The lowest BCUT2D eigenvalue weighted by Gasteiger charge is -2.31. The molecule has 10 amide bonds. The molecule has 0 unspecified atom stereocenters. The minimum absolute atomic E-state index is 0.0397. The first-order valence-corrected chi connectivity index (χ1v) is 31.1. The van der Waals surface area contributed by atoms with Crippen molar-refractivity contribution in [3.05, 3.63) is 84.1 Å². The van der Waals surface area contributed by atoms with Gasteiger partial charge in [0.2, 0.25) is 59.1 Å². The number of aliphatic imine (C=N–C) groups is 1. The topological polar surface area (TPSA) is 493 Å². The maximum absolute atomic E-state index is 14.7. The van der Waals surface area contributed by atoms with Crippen molar-refractivity contribution in [3.63, 3.8) is 0 Å². The number of nitrogens with one attached hydrogen (secondary N) is 11. The zero-order valence-electron chi connectivity index (χ0n) is 54.1. The van der Waals surface area contributed by atoms with E-state index < -0.39 is 114 Å². The normalized spacial score (nSPS) is 16.2. The van der Waals surface area contributed by atoms with E-state index in [4.69, 9.17) is 26.6 Å². The quantitative estimate of drug-likeness (QED) is 0.0161. The number of aliphatic hydroxyl groups is 1. The molecule has 0 aliphatic carbocycles. The summed E-state index contributed by atoms with van der Waals surface area (Å²) in [6.45, 7) is 11.3. The van der Waals surface area contributed by atoms with Crippen molar-refractivity contribution in [3.8, 4) is 11.8 Å². The number of carboxylic acids is 1. The molecular weight excluding hydrogens is 1220 g/mol. The summed E-state index contributed by atoms with van der Waals surface area (Å²) in [5.74, 6) is -8.39. The fraction of sp³-hybridized carbons (Fsp3) is 0.524. The molecule has 2 saturated heterocycles. The number of likely N-dealkylation sites (N-methyl/N-ethyl adjacent to an activating group) is 1. The molecule has 4 heterocycles. The van der Waals surface area contributed by atoms with Gasteiger partial charge in [0.25, 0.3) is 5.97 Å². The van der Waals surface area contributed by atoms with Gasteiger partial charge in [-0.15, -0.1) is 0 Å². The summed E-state index contributed by atoms with van der Waals surface area (Å²) in [6, 6.07) is 3.33. The summed E-state index contributed by atoms with van der Waals surface area (Å²) in [6.07, 6.45) is 5.80. The number of nitriles is 1. The number of aromatic amines is 2. The predicted octanol–water partition coefficient (Wildman–Crippen LogP) is -0.817.